The Morgan fingerprint density at radius 3 is 1.25 bits per heavy atom. The summed E-state index contributed by atoms with van der Waals surface area (Å²) >= 11 is 3.35. The van der Waals surface area contributed by atoms with Crippen molar-refractivity contribution in [3.63, 3.8) is 0 Å². The number of rotatable bonds is 2. The monoisotopic (exact) mass is 1170 g/mol. The van der Waals surface area contributed by atoms with Crippen LogP contribution >= 0.6 is 22.7 Å². The first-order chi connectivity index (χ1) is 28.6. The Bertz CT molecular complexity index is 3050. The Hall–Kier alpha value is -5.62. The van der Waals surface area contributed by atoms with Crippen molar-refractivity contribution >= 4 is 88.1 Å². The van der Waals surface area contributed by atoms with Crippen LogP contribution in [0.5, 0.6) is 0 Å². The quantitative estimate of drug-likeness (QED) is 0.161. The van der Waals surface area contributed by atoms with Crippen molar-refractivity contribution in [3.8, 4) is 21.1 Å². The van der Waals surface area contributed by atoms with Crippen LogP contribution in [0.3, 0.4) is 0 Å². The molecule has 0 saturated carbocycles. The summed E-state index contributed by atoms with van der Waals surface area (Å²) in [4.78, 5) is 28.8. The molecule has 0 radical (unpaired) electrons. The molecule has 0 fully saturated rings. The van der Waals surface area contributed by atoms with E-state index in [-0.39, 0.29) is 42.1 Å². The fourth-order valence-corrected chi connectivity index (χ4v) is 8.21. The van der Waals surface area contributed by atoms with Gasteiger partial charge in [-0.05, 0) is 91.5 Å². The van der Waals surface area contributed by atoms with E-state index in [9.17, 15) is 0 Å². The summed E-state index contributed by atoms with van der Waals surface area (Å²) in [5.41, 5.74) is 7.85. The number of pyridine rings is 4. The number of hydrogen-bond acceptors (Lipinski definition) is 6. The van der Waals surface area contributed by atoms with Gasteiger partial charge in [-0.2, -0.15) is 24.3 Å². The van der Waals surface area contributed by atoms with E-state index < -0.39 is 0 Å². The van der Waals surface area contributed by atoms with Gasteiger partial charge in [0.05, 0.1) is 0 Å². The molecule has 0 N–H and O–H groups in total. The van der Waals surface area contributed by atoms with Gasteiger partial charge in [0.15, 0.2) is 0 Å². The van der Waals surface area contributed by atoms with Gasteiger partial charge in [0, 0.05) is 12.4 Å². The van der Waals surface area contributed by atoms with Gasteiger partial charge in [0.2, 0.25) is 0 Å². The molecule has 8 heterocycles. The van der Waals surface area contributed by atoms with Crippen LogP contribution in [0, 0.1) is 26.0 Å². The SMILES string of the molecule is Cc1ccc2c(n1)[n-]c1ccccc12.Cc1ccc2c(n1)[n-]c1ccccc12.[Pt+2].[Pt+2].[c-]1ccsc1-c1nccc2ccccc12.[c-]1ccsc1-c1nccc2ccccc12. The summed E-state index contributed by atoms with van der Waals surface area (Å²) in [5, 5.41) is 13.6. The number of nitrogens with zero attached hydrogens (tertiary/aromatic N) is 6. The minimum Gasteiger partial charge on any atom is -0.439 e. The molecule has 0 aliphatic heterocycles. The topological polar surface area (TPSA) is 79.8 Å². The van der Waals surface area contributed by atoms with Crippen molar-refractivity contribution in [2.24, 2.45) is 0 Å². The summed E-state index contributed by atoms with van der Waals surface area (Å²) in [6.45, 7) is 3.97. The third-order valence-electron chi connectivity index (χ3n) is 9.58. The van der Waals surface area contributed by atoms with Crippen molar-refractivity contribution in [1.29, 1.82) is 0 Å². The molecule has 10 heteroatoms. The van der Waals surface area contributed by atoms with Crippen LogP contribution in [-0.4, -0.2) is 19.9 Å². The van der Waals surface area contributed by atoms with E-state index in [1.165, 1.54) is 32.3 Å². The van der Waals surface area contributed by atoms with Crippen molar-refractivity contribution in [3.05, 3.63) is 192 Å². The Balaban J connectivity index is 0.000000120. The van der Waals surface area contributed by atoms with E-state index in [2.05, 4.69) is 90.6 Å². The number of fused-ring (bicyclic) bond motifs is 8. The van der Waals surface area contributed by atoms with Gasteiger partial charge >= 0.3 is 42.1 Å². The Kier molecular flexibility index (Phi) is 13.9. The molecule has 60 heavy (non-hydrogen) atoms. The average Bonchev–Trinajstić information content (AvgIpc) is 4.11. The first kappa shape index (κ1) is 42.5. The third kappa shape index (κ3) is 9.23. The average molecular weight is 1170 g/mol. The molecule has 296 valence electrons. The maximum Gasteiger partial charge on any atom is 2.00 e. The zero-order valence-electron chi connectivity index (χ0n) is 32.3. The molecule has 12 rings (SSSR count). The van der Waals surface area contributed by atoms with Crippen LogP contribution in [0.1, 0.15) is 11.4 Å². The fraction of sp³-hybridized carbons (Fsp3) is 0.0400. The zero-order valence-corrected chi connectivity index (χ0v) is 38.5. The van der Waals surface area contributed by atoms with Crippen LogP contribution in [0.15, 0.2) is 169 Å². The molecule has 0 unspecified atom stereocenters. The van der Waals surface area contributed by atoms with E-state index in [4.69, 9.17) is 0 Å². The Morgan fingerprint density at radius 1 is 0.433 bits per heavy atom. The second kappa shape index (κ2) is 19.6. The fourth-order valence-electron chi connectivity index (χ4n) is 6.84. The van der Waals surface area contributed by atoms with Crippen molar-refractivity contribution in [1.82, 2.24) is 29.9 Å². The molecule has 0 saturated heterocycles. The summed E-state index contributed by atoms with van der Waals surface area (Å²) in [6, 6.07) is 55.4. The molecule has 0 amide bonds. The van der Waals surface area contributed by atoms with Gasteiger partial charge < -0.3 is 29.9 Å². The molecule has 0 aliphatic carbocycles. The first-order valence-corrected chi connectivity index (χ1v) is 20.5. The molecule has 0 bridgehead atoms. The molecule has 0 atom stereocenters. The van der Waals surface area contributed by atoms with Crippen molar-refractivity contribution in [2.75, 3.05) is 0 Å². The van der Waals surface area contributed by atoms with E-state index in [0.29, 0.717) is 0 Å². The van der Waals surface area contributed by atoms with Gasteiger partial charge in [-0.25, -0.2) is 22.7 Å². The number of aromatic nitrogens is 6. The standard InChI is InChI=1S/2C13H8NS.2C12H9N2.2Pt/c2*1-2-5-11-10(4-1)7-8-14-13(11)12-6-3-9-15-12;2*1-8-6-7-10-9-4-2-3-5-11(9)14-12(10)13-8;;/h2*1-5,7-9H;2*2-7H,1H3;;/q4*-1;2*+2. The minimum absolute atomic E-state index is 0. The molecule has 6 nitrogen and oxygen atoms in total. The minimum atomic E-state index is 0. The molecule has 0 aliphatic rings. The van der Waals surface area contributed by atoms with Crippen LogP contribution in [0.25, 0.3) is 86.6 Å². The van der Waals surface area contributed by atoms with E-state index in [1.54, 1.807) is 22.7 Å². The van der Waals surface area contributed by atoms with Gasteiger partial charge in [-0.1, -0.05) is 154 Å². The van der Waals surface area contributed by atoms with Crippen LogP contribution in [-0.2, 0) is 42.1 Å². The zero-order chi connectivity index (χ0) is 39.3. The maximum absolute atomic E-state index is 4.46. The third-order valence-corrected chi connectivity index (χ3v) is 11.2. The number of para-hydroxylation sites is 2. The molecular formula is C50H34N6Pt2S2. The number of aryl methyl sites for hydroxylation is 2. The second-order valence-electron chi connectivity index (χ2n) is 13.5. The molecule has 4 aromatic carbocycles. The summed E-state index contributed by atoms with van der Waals surface area (Å²) in [6.07, 6.45) is 3.70. The summed E-state index contributed by atoms with van der Waals surface area (Å²) in [7, 11) is 0. The molecule has 12 aromatic rings. The van der Waals surface area contributed by atoms with E-state index >= 15 is 0 Å². The maximum atomic E-state index is 4.46. The summed E-state index contributed by atoms with van der Waals surface area (Å²) in [5.74, 6) is 0. The van der Waals surface area contributed by atoms with E-state index in [0.717, 1.165) is 65.6 Å². The first-order valence-electron chi connectivity index (χ1n) is 18.8. The van der Waals surface area contributed by atoms with Crippen LogP contribution in [0.2, 0.25) is 0 Å². The predicted molar refractivity (Wildman–Crippen MR) is 242 cm³/mol. The Labute approximate surface area is 384 Å². The van der Waals surface area contributed by atoms with Gasteiger partial charge in [0.1, 0.15) is 0 Å². The normalized spacial score (nSPS) is 10.6. The van der Waals surface area contributed by atoms with Gasteiger partial charge in [0.25, 0.3) is 0 Å². The van der Waals surface area contributed by atoms with Gasteiger partial charge in [-0.3, -0.25) is 0 Å². The molecular weight excluding hydrogens is 1140 g/mol. The van der Waals surface area contributed by atoms with Crippen molar-refractivity contribution in [2.45, 2.75) is 13.8 Å². The van der Waals surface area contributed by atoms with Crippen LogP contribution < -0.4 is 9.97 Å². The van der Waals surface area contributed by atoms with Gasteiger partial charge in [-0.15, -0.1) is 10.8 Å². The molecule has 0 spiro atoms. The Morgan fingerprint density at radius 2 is 0.833 bits per heavy atom. The predicted octanol–water partition coefficient (Wildman–Crippen LogP) is 12.8. The van der Waals surface area contributed by atoms with E-state index in [1.807, 2.05) is 134 Å². The summed E-state index contributed by atoms with van der Waals surface area (Å²) < 4.78 is 0. The molecule has 8 aromatic heterocycles. The van der Waals surface area contributed by atoms with Crippen molar-refractivity contribution < 1.29 is 42.1 Å². The number of thiophene rings is 2. The largest absolute Gasteiger partial charge is 2.00 e. The number of hydrogen-bond donors (Lipinski definition) is 0. The smallest absolute Gasteiger partial charge is 0.439 e. The second-order valence-corrected chi connectivity index (χ2v) is 15.3. The van der Waals surface area contributed by atoms with Crippen LogP contribution in [0.4, 0.5) is 0 Å². The number of benzene rings is 4.